The van der Waals surface area contributed by atoms with Crippen molar-refractivity contribution in [2.75, 3.05) is 0 Å². The van der Waals surface area contributed by atoms with Gasteiger partial charge in [-0.25, -0.2) is 0 Å². The zero-order valence-electron chi connectivity index (χ0n) is 16.2. The summed E-state index contributed by atoms with van der Waals surface area (Å²) >= 11 is 2.28. The predicted molar refractivity (Wildman–Crippen MR) is 121 cm³/mol. The van der Waals surface area contributed by atoms with Crippen molar-refractivity contribution in [3.05, 3.63) is 80.6 Å². The molecule has 0 saturated heterocycles. The summed E-state index contributed by atoms with van der Waals surface area (Å²) in [6.45, 7) is 2.09. The molecular formula is C24H22INO3. The molecule has 4 rings (SSSR count). The molecule has 0 N–H and O–H groups in total. The van der Waals surface area contributed by atoms with Crippen LogP contribution < -0.4 is 0 Å². The van der Waals surface area contributed by atoms with Crippen LogP contribution in [0.1, 0.15) is 43.2 Å². The van der Waals surface area contributed by atoms with Crippen molar-refractivity contribution in [2.24, 2.45) is 10.9 Å². The largest absolute Gasteiger partial charge is 0.460 e. The van der Waals surface area contributed by atoms with Crippen LogP contribution in [0.4, 0.5) is 0 Å². The molecule has 2 aliphatic rings. The smallest absolute Gasteiger partial charge is 0.315 e. The molecule has 1 unspecified atom stereocenters. The number of allylic oxidation sites excluding steroid dienone is 2. The summed E-state index contributed by atoms with van der Waals surface area (Å²) in [5.74, 6) is -1.15. The molecule has 1 heterocycles. The summed E-state index contributed by atoms with van der Waals surface area (Å²) in [6, 6.07) is 17.6. The highest BCUT2D eigenvalue weighted by molar-refractivity contribution is 14.1. The van der Waals surface area contributed by atoms with Crippen molar-refractivity contribution in [2.45, 2.75) is 38.7 Å². The molecule has 2 aromatic rings. The highest BCUT2D eigenvalue weighted by Crippen LogP contribution is 2.44. The van der Waals surface area contributed by atoms with E-state index in [0.717, 1.165) is 38.9 Å². The highest BCUT2D eigenvalue weighted by atomic mass is 127. The molecule has 0 spiro atoms. The zero-order valence-corrected chi connectivity index (χ0v) is 18.4. The van der Waals surface area contributed by atoms with Crippen molar-refractivity contribution in [3.8, 4) is 0 Å². The molecule has 1 aliphatic carbocycles. The Morgan fingerprint density at radius 1 is 1.10 bits per heavy atom. The Kier molecular flexibility index (Phi) is 5.94. The van der Waals surface area contributed by atoms with Gasteiger partial charge in [0.25, 0.3) is 0 Å². The second-order valence-corrected chi connectivity index (χ2v) is 8.62. The number of halogens is 1. The maximum atomic E-state index is 13.2. The van der Waals surface area contributed by atoms with E-state index >= 15 is 0 Å². The highest BCUT2D eigenvalue weighted by Gasteiger charge is 2.43. The number of benzene rings is 2. The van der Waals surface area contributed by atoms with Gasteiger partial charge in [-0.2, -0.15) is 0 Å². The first-order valence-electron chi connectivity index (χ1n) is 9.82. The Morgan fingerprint density at radius 3 is 2.59 bits per heavy atom. The molecule has 0 bridgehead atoms. The fourth-order valence-corrected chi connectivity index (χ4v) is 4.92. The molecule has 4 nitrogen and oxygen atoms in total. The molecule has 29 heavy (non-hydrogen) atoms. The quantitative estimate of drug-likeness (QED) is 0.429. The number of ketones is 1. The van der Waals surface area contributed by atoms with Gasteiger partial charge in [0.15, 0.2) is 5.78 Å². The van der Waals surface area contributed by atoms with Gasteiger partial charge in [-0.15, -0.1) is 0 Å². The van der Waals surface area contributed by atoms with E-state index in [-0.39, 0.29) is 24.3 Å². The SMILES string of the molecule is CC1=NC2=C(C(=O)CCC2)[C@H](c2ccccc2I)C1C(=O)OCc1ccccc1. The van der Waals surface area contributed by atoms with E-state index in [9.17, 15) is 9.59 Å². The first kappa shape index (κ1) is 20.0. The lowest BCUT2D eigenvalue weighted by molar-refractivity contribution is -0.148. The normalized spacial score (nSPS) is 21.4. The Hall–Kier alpha value is -2.28. The van der Waals surface area contributed by atoms with Crippen LogP contribution in [0.5, 0.6) is 0 Å². The minimum atomic E-state index is -0.588. The third kappa shape index (κ3) is 4.06. The summed E-state index contributed by atoms with van der Waals surface area (Å²) < 4.78 is 6.73. The summed E-state index contributed by atoms with van der Waals surface area (Å²) in [5, 5.41) is 0. The van der Waals surface area contributed by atoms with Crippen molar-refractivity contribution in [3.63, 3.8) is 0 Å². The van der Waals surface area contributed by atoms with Crippen LogP contribution in [-0.2, 0) is 20.9 Å². The second-order valence-electron chi connectivity index (χ2n) is 7.46. The van der Waals surface area contributed by atoms with Gasteiger partial charge in [0.05, 0.1) is 0 Å². The average Bonchev–Trinajstić information content (AvgIpc) is 2.72. The molecule has 2 atom stereocenters. The van der Waals surface area contributed by atoms with Gasteiger partial charge in [0.1, 0.15) is 12.5 Å². The maximum Gasteiger partial charge on any atom is 0.315 e. The molecule has 0 amide bonds. The molecule has 2 aromatic carbocycles. The Bertz CT molecular complexity index is 1010. The number of aliphatic imine (C=N–C) groups is 1. The number of nitrogens with zero attached hydrogens (tertiary/aromatic N) is 1. The number of Topliss-reactive ketones (excluding diaryl/α,β-unsaturated/α-hetero) is 1. The van der Waals surface area contributed by atoms with Gasteiger partial charge in [-0.1, -0.05) is 48.5 Å². The van der Waals surface area contributed by atoms with E-state index in [1.165, 1.54) is 0 Å². The fraction of sp³-hybridized carbons (Fsp3) is 0.292. The van der Waals surface area contributed by atoms with Crippen LogP contribution in [0.3, 0.4) is 0 Å². The van der Waals surface area contributed by atoms with Crippen molar-refractivity contribution in [1.82, 2.24) is 0 Å². The number of ether oxygens (including phenoxy) is 1. The molecular weight excluding hydrogens is 477 g/mol. The lowest BCUT2D eigenvalue weighted by Gasteiger charge is -2.34. The van der Waals surface area contributed by atoms with Crippen molar-refractivity contribution in [1.29, 1.82) is 0 Å². The van der Waals surface area contributed by atoms with Crippen LogP contribution in [0, 0.1) is 9.49 Å². The van der Waals surface area contributed by atoms with E-state index in [2.05, 4.69) is 27.6 Å². The number of hydrogen-bond acceptors (Lipinski definition) is 4. The summed E-state index contributed by atoms with van der Waals surface area (Å²) in [5.41, 5.74) is 4.20. The Labute approximate surface area is 184 Å². The molecule has 0 saturated carbocycles. The standard InChI is InChI=1S/C24H22INO3/c1-15-21(24(28)29-14-16-8-3-2-4-9-16)22(17-10-5-6-11-18(17)25)23-19(26-15)12-7-13-20(23)27/h2-6,8-11,21-22H,7,12-14H2,1H3/t21?,22-/m1/s1. The Balaban J connectivity index is 1.72. The monoisotopic (exact) mass is 499 g/mol. The zero-order chi connectivity index (χ0) is 20.4. The molecule has 0 fully saturated rings. The van der Waals surface area contributed by atoms with Crippen LogP contribution >= 0.6 is 22.6 Å². The maximum absolute atomic E-state index is 13.2. The Morgan fingerprint density at radius 2 is 1.83 bits per heavy atom. The van der Waals surface area contributed by atoms with Crippen LogP contribution in [-0.4, -0.2) is 17.5 Å². The summed E-state index contributed by atoms with van der Waals surface area (Å²) in [6.07, 6.45) is 2.11. The van der Waals surface area contributed by atoms with Crippen molar-refractivity contribution >= 4 is 40.1 Å². The van der Waals surface area contributed by atoms with Crippen LogP contribution in [0.15, 0.2) is 70.9 Å². The molecule has 1 aliphatic heterocycles. The van der Waals surface area contributed by atoms with E-state index in [1.54, 1.807) is 0 Å². The lowest BCUT2D eigenvalue weighted by atomic mass is 9.72. The van der Waals surface area contributed by atoms with Gasteiger partial charge in [-0.05, 0) is 59.5 Å². The van der Waals surface area contributed by atoms with Crippen LogP contribution in [0.2, 0.25) is 0 Å². The lowest BCUT2D eigenvalue weighted by Crippen LogP contribution is -2.37. The minimum absolute atomic E-state index is 0.105. The number of carbonyl (C=O) groups is 2. The van der Waals surface area contributed by atoms with Gasteiger partial charge in [0, 0.05) is 32.9 Å². The average molecular weight is 499 g/mol. The van der Waals surface area contributed by atoms with Gasteiger partial charge in [0.2, 0.25) is 0 Å². The van der Waals surface area contributed by atoms with Gasteiger partial charge < -0.3 is 4.74 Å². The predicted octanol–water partition coefficient (Wildman–Crippen LogP) is 5.22. The molecule has 0 aromatic heterocycles. The second kappa shape index (κ2) is 8.61. The summed E-state index contributed by atoms with van der Waals surface area (Å²) in [4.78, 5) is 30.8. The van der Waals surface area contributed by atoms with E-state index < -0.39 is 5.92 Å². The van der Waals surface area contributed by atoms with Crippen LogP contribution in [0.25, 0.3) is 0 Å². The first-order chi connectivity index (χ1) is 14.1. The topological polar surface area (TPSA) is 55.7 Å². The molecule has 148 valence electrons. The summed E-state index contributed by atoms with van der Waals surface area (Å²) in [7, 11) is 0. The number of hydrogen-bond donors (Lipinski definition) is 0. The third-order valence-electron chi connectivity index (χ3n) is 5.55. The fourth-order valence-electron chi connectivity index (χ4n) is 4.19. The van der Waals surface area contributed by atoms with E-state index in [0.29, 0.717) is 12.0 Å². The van der Waals surface area contributed by atoms with Gasteiger partial charge in [-0.3, -0.25) is 14.6 Å². The van der Waals surface area contributed by atoms with Gasteiger partial charge >= 0.3 is 5.97 Å². The first-order valence-corrected chi connectivity index (χ1v) is 10.9. The molecule has 0 radical (unpaired) electrons. The van der Waals surface area contributed by atoms with E-state index in [4.69, 9.17) is 4.74 Å². The number of rotatable bonds is 4. The van der Waals surface area contributed by atoms with Crippen molar-refractivity contribution < 1.29 is 14.3 Å². The third-order valence-corrected chi connectivity index (χ3v) is 6.54. The minimum Gasteiger partial charge on any atom is -0.460 e. The molecule has 5 heteroatoms. The number of carbonyl (C=O) groups excluding carboxylic acids is 2. The van der Waals surface area contributed by atoms with E-state index in [1.807, 2.05) is 61.5 Å². The number of esters is 1.